The van der Waals surface area contributed by atoms with E-state index in [4.69, 9.17) is 4.74 Å². The van der Waals surface area contributed by atoms with Gasteiger partial charge in [-0.3, -0.25) is 9.69 Å². The van der Waals surface area contributed by atoms with Crippen LogP contribution in [0.3, 0.4) is 0 Å². The Labute approximate surface area is 184 Å². The van der Waals surface area contributed by atoms with E-state index in [2.05, 4.69) is 21.8 Å². The van der Waals surface area contributed by atoms with Gasteiger partial charge in [-0.1, -0.05) is 55.4 Å². The molecule has 1 aromatic carbocycles. The lowest BCUT2D eigenvalue weighted by atomic mass is 9.94. The molecule has 30 heavy (non-hydrogen) atoms. The van der Waals surface area contributed by atoms with Gasteiger partial charge in [-0.15, -0.1) is 10.2 Å². The first-order chi connectivity index (χ1) is 14.6. The van der Waals surface area contributed by atoms with Crippen LogP contribution >= 0.6 is 23.1 Å². The van der Waals surface area contributed by atoms with Crippen molar-refractivity contribution in [3.63, 3.8) is 0 Å². The molecule has 1 aliphatic heterocycles. The number of carbonyl (C=O) groups excluding carboxylic acids is 1. The van der Waals surface area contributed by atoms with E-state index in [0.29, 0.717) is 21.8 Å². The van der Waals surface area contributed by atoms with E-state index in [9.17, 15) is 4.79 Å². The van der Waals surface area contributed by atoms with Crippen molar-refractivity contribution in [2.75, 3.05) is 6.61 Å². The molecule has 1 saturated heterocycles. The van der Waals surface area contributed by atoms with Crippen molar-refractivity contribution in [1.29, 1.82) is 0 Å². The zero-order valence-electron chi connectivity index (χ0n) is 16.9. The minimum Gasteiger partial charge on any atom is -0.490 e. The number of nitrogens with zero attached hydrogens (tertiary/aromatic N) is 4. The van der Waals surface area contributed by atoms with Crippen molar-refractivity contribution in [3.05, 3.63) is 52.4 Å². The van der Waals surface area contributed by atoms with Crippen molar-refractivity contribution in [1.82, 2.24) is 15.1 Å². The summed E-state index contributed by atoms with van der Waals surface area (Å²) >= 11 is 2.86. The number of hydrogen-bond acceptors (Lipinski definition) is 7. The first-order valence-electron chi connectivity index (χ1n) is 10.1. The van der Waals surface area contributed by atoms with Crippen LogP contribution in [-0.2, 0) is 4.79 Å². The predicted molar refractivity (Wildman–Crippen MR) is 123 cm³/mol. The quantitative estimate of drug-likeness (QED) is 0.447. The van der Waals surface area contributed by atoms with Crippen molar-refractivity contribution in [2.24, 2.45) is 4.99 Å². The molecule has 4 rings (SSSR count). The van der Waals surface area contributed by atoms with Gasteiger partial charge in [-0.2, -0.15) is 4.99 Å². The smallest absolute Gasteiger partial charge is 0.267 e. The summed E-state index contributed by atoms with van der Waals surface area (Å²) in [6.45, 7) is 6.03. The average Bonchev–Trinajstić information content (AvgIpc) is 3.31. The minimum absolute atomic E-state index is 0.0267. The minimum atomic E-state index is 0.0267. The number of rotatable bonds is 6. The Bertz CT molecular complexity index is 975. The Kier molecular flexibility index (Phi) is 6.64. The molecular weight excluding hydrogens is 416 g/mol. The number of benzene rings is 1. The summed E-state index contributed by atoms with van der Waals surface area (Å²) in [7, 11) is 0. The highest BCUT2D eigenvalue weighted by Gasteiger charge is 2.38. The molecule has 2 heterocycles. The molecule has 8 heteroatoms. The van der Waals surface area contributed by atoms with Gasteiger partial charge in [0.05, 0.1) is 4.91 Å². The molecule has 1 saturated carbocycles. The molecule has 2 fully saturated rings. The molecule has 1 aliphatic carbocycles. The third kappa shape index (κ3) is 4.82. The Morgan fingerprint density at radius 2 is 2.00 bits per heavy atom. The summed E-state index contributed by atoms with van der Waals surface area (Å²) in [5.74, 6) is 0.805. The van der Waals surface area contributed by atoms with Gasteiger partial charge < -0.3 is 4.74 Å². The van der Waals surface area contributed by atoms with Crippen LogP contribution in [0.5, 0.6) is 5.75 Å². The average molecular weight is 441 g/mol. The molecule has 0 radical (unpaired) electrons. The van der Waals surface area contributed by atoms with Crippen LogP contribution in [0, 0.1) is 6.92 Å². The number of thioether (sulfide) groups is 1. The number of aromatic nitrogens is 2. The number of carbonyl (C=O) groups is 1. The van der Waals surface area contributed by atoms with E-state index in [0.717, 1.165) is 42.0 Å². The molecule has 2 aliphatic rings. The first kappa shape index (κ1) is 20.8. The van der Waals surface area contributed by atoms with Crippen molar-refractivity contribution >= 4 is 45.4 Å². The summed E-state index contributed by atoms with van der Waals surface area (Å²) < 4.78 is 5.53. The monoisotopic (exact) mass is 440 g/mol. The number of aliphatic imine (C=N–C) groups is 1. The van der Waals surface area contributed by atoms with Crippen LogP contribution in [0.15, 0.2) is 46.8 Å². The summed E-state index contributed by atoms with van der Waals surface area (Å²) in [5.41, 5.74) is 0.952. The Balaban J connectivity index is 1.61. The molecule has 0 unspecified atom stereocenters. The molecule has 156 valence electrons. The Morgan fingerprint density at radius 1 is 1.23 bits per heavy atom. The third-order valence-electron chi connectivity index (χ3n) is 5.03. The van der Waals surface area contributed by atoms with Gasteiger partial charge in [-0.25, -0.2) is 0 Å². The standard InChI is InChI=1S/C22H24N4O2S2/c1-3-13-28-18-11-9-16(10-12-18)14-19-20(27)26(17-7-5-4-6-8-17)22(30-19)23-21-25-24-15(2)29-21/h3,9-12,14,17H,1,4-8,13H2,2H3/b19-14-,23-22+. The fourth-order valence-electron chi connectivity index (χ4n) is 3.61. The van der Waals surface area contributed by atoms with E-state index in [-0.39, 0.29) is 11.9 Å². The second-order valence-corrected chi connectivity index (χ2v) is 9.41. The summed E-state index contributed by atoms with van der Waals surface area (Å²) in [5, 5.41) is 10.3. The third-order valence-corrected chi connectivity index (χ3v) is 6.74. The number of amidine groups is 1. The lowest BCUT2D eigenvalue weighted by Crippen LogP contribution is -2.40. The van der Waals surface area contributed by atoms with Crippen LogP contribution in [0.1, 0.15) is 42.7 Å². The number of aryl methyl sites for hydroxylation is 1. The number of hydrogen-bond donors (Lipinski definition) is 0. The molecule has 1 amide bonds. The van der Waals surface area contributed by atoms with Crippen LogP contribution in [0.4, 0.5) is 5.13 Å². The highest BCUT2D eigenvalue weighted by Crippen LogP contribution is 2.38. The SMILES string of the molecule is C=CCOc1ccc(/C=C2\S/C(=N/c3nnc(C)s3)N(C3CCCCC3)C2=O)cc1. The maximum absolute atomic E-state index is 13.3. The molecule has 1 aromatic heterocycles. The predicted octanol–water partition coefficient (Wildman–Crippen LogP) is 5.35. The molecule has 6 nitrogen and oxygen atoms in total. The van der Waals surface area contributed by atoms with E-state index in [1.807, 2.05) is 42.2 Å². The van der Waals surface area contributed by atoms with Gasteiger partial charge in [0.1, 0.15) is 17.4 Å². The number of ether oxygens (including phenoxy) is 1. The van der Waals surface area contributed by atoms with Crippen molar-refractivity contribution in [2.45, 2.75) is 45.1 Å². The van der Waals surface area contributed by atoms with Gasteiger partial charge >= 0.3 is 0 Å². The van der Waals surface area contributed by atoms with E-state index >= 15 is 0 Å². The van der Waals surface area contributed by atoms with E-state index in [1.54, 1.807) is 6.08 Å². The van der Waals surface area contributed by atoms with E-state index in [1.165, 1.54) is 29.5 Å². The lowest BCUT2D eigenvalue weighted by molar-refractivity contribution is -0.124. The second-order valence-electron chi connectivity index (χ2n) is 7.24. The van der Waals surface area contributed by atoms with Gasteiger partial charge in [0.15, 0.2) is 5.17 Å². The zero-order chi connectivity index (χ0) is 20.9. The molecule has 0 spiro atoms. The largest absolute Gasteiger partial charge is 0.490 e. The number of amides is 1. The highest BCUT2D eigenvalue weighted by molar-refractivity contribution is 8.18. The van der Waals surface area contributed by atoms with Gasteiger partial charge in [0, 0.05) is 6.04 Å². The van der Waals surface area contributed by atoms with Crippen molar-refractivity contribution < 1.29 is 9.53 Å². The van der Waals surface area contributed by atoms with Gasteiger partial charge in [-0.05, 0) is 55.3 Å². The van der Waals surface area contributed by atoms with Crippen LogP contribution < -0.4 is 4.74 Å². The first-order valence-corrected chi connectivity index (χ1v) is 11.7. The van der Waals surface area contributed by atoms with Crippen LogP contribution in [0.25, 0.3) is 6.08 Å². The van der Waals surface area contributed by atoms with Gasteiger partial charge in [0.25, 0.3) is 5.91 Å². The molecule has 0 atom stereocenters. The summed E-state index contributed by atoms with van der Waals surface area (Å²) in [4.78, 5) is 20.6. The van der Waals surface area contributed by atoms with Crippen molar-refractivity contribution in [3.8, 4) is 5.75 Å². The van der Waals surface area contributed by atoms with Crippen LogP contribution in [-0.4, -0.2) is 38.8 Å². The molecule has 0 bridgehead atoms. The topological polar surface area (TPSA) is 67.7 Å². The van der Waals surface area contributed by atoms with Crippen LogP contribution in [0.2, 0.25) is 0 Å². The maximum Gasteiger partial charge on any atom is 0.267 e. The highest BCUT2D eigenvalue weighted by atomic mass is 32.2. The lowest BCUT2D eigenvalue weighted by Gasteiger charge is -2.30. The maximum atomic E-state index is 13.3. The fraction of sp³-hybridized carbons (Fsp3) is 0.364. The molecular formula is C22H24N4O2S2. The second kappa shape index (κ2) is 9.57. The Hall–Kier alpha value is -2.45. The Morgan fingerprint density at radius 3 is 2.67 bits per heavy atom. The van der Waals surface area contributed by atoms with E-state index < -0.39 is 0 Å². The fourth-order valence-corrected chi connectivity index (χ4v) is 5.26. The summed E-state index contributed by atoms with van der Waals surface area (Å²) in [6.07, 6.45) is 9.20. The zero-order valence-corrected chi connectivity index (χ0v) is 18.5. The normalized spacial score (nSPS) is 20.3. The molecule has 0 N–H and O–H groups in total. The molecule has 2 aromatic rings. The van der Waals surface area contributed by atoms with Gasteiger partial charge in [0.2, 0.25) is 5.13 Å². The summed E-state index contributed by atoms with van der Waals surface area (Å²) in [6, 6.07) is 7.91.